The summed E-state index contributed by atoms with van der Waals surface area (Å²) < 4.78 is 16.5. The maximum absolute atomic E-state index is 13.3. The van der Waals surface area contributed by atoms with Crippen LogP contribution in [0.25, 0.3) is 0 Å². The zero-order valence-electron chi connectivity index (χ0n) is 18.1. The quantitative estimate of drug-likeness (QED) is 0.313. The van der Waals surface area contributed by atoms with E-state index in [0.717, 1.165) is 5.56 Å². The van der Waals surface area contributed by atoms with E-state index in [9.17, 15) is 14.7 Å². The highest BCUT2D eigenvalue weighted by atomic mass is 16.7. The molecule has 0 spiro atoms. The van der Waals surface area contributed by atoms with Crippen LogP contribution in [0.3, 0.4) is 0 Å². The molecule has 1 aromatic rings. The summed E-state index contributed by atoms with van der Waals surface area (Å²) in [6.45, 7) is 8.89. The van der Waals surface area contributed by atoms with Crippen LogP contribution in [0.15, 0.2) is 43.0 Å². The van der Waals surface area contributed by atoms with Crippen molar-refractivity contribution in [3.8, 4) is 0 Å². The highest BCUT2D eigenvalue weighted by molar-refractivity contribution is 5.85. The molecule has 0 heterocycles. The van der Waals surface area contributed by atoms with E-state index in [0.29, 0.717) is 12.8 Å². The van der Waals surface area contributed by atoms with Crippen LogP contribution in [0.2, 0.25) is 0 Å². The van der Waals surface area contributed by atoms with Gasteiger partial charge in [0.15, 0.2) is 0 Å². The first-order chi connectivity index (χ1) is 14.5. The van der Waals surface area contributed by atoms with E-state index in [2.05, 4.69) is 17.2 Å². The van der Waals surface area contributed by atoms with Crippen LogP contribution in [0, 0.1) is 0 Å². The number of benzene rings is 1. The van der Waals surface area contributed by atoms with Gasteiger partial charge in [-0.1, -0.05) is 49.9 Å². The van der Waals surface area contributed by atoms with Crippen molar-refractivity contribution in [3.05, 3.63) is 48.6 Å². The lowest BCUT2D eigenvalue weighted by atomic mass is 10.0. The second-order valence-corrected chi connectivity index (χ2v) is 6.57. The first-order valence-corrected chi connectivity index (χ1v) is 10.2. The minimum absolute atomic E-state index is 0.0361. The van der Waals surface area contributed by atoms with Crippen molar-refractivity contribution in [2.45, 2.75) is 51.5 Å². The van der Waals surface area contributed by atoms with Crippen LogP contribution in [0.5, 0.6) is 0 Å². The molecule has 0 saturated heterocycles. The molecule has 3 N–H and O–H groups in total. The SMILES string of the molecule is C=CCOC(=O)NC(CC)C(OCC)(OCC)C(=O)N[C@H](CO)Cc1ccccc1. The second kappa shape index (κ2) is 13.7. The van der Waals surface area contributed by atoms with E-state index in [1.54, 1.807) is 20.8 Å². The lowest BCUT2D eigenvalue weighted by molar-refractivity contribution is -0.240. The normalized spacial score (nSPS) is 13.2. The monoisotopic (exact) mass is 422 g/mol. The highest BCUT2D eigenvalue weighted by Crippen LogP contribution is 2.23. The third-order valence-corrected chi connectivity index (χ3v) is 4.41. The molecule has 2 amide bonds. The van der Waals surface area contributed by atoms with Gasteiger partial charge in [0.1, 0.15) is 6.61 Å². The number of rotatable bonds is 14. The number of carbonyl (C=O) groups is 2. The van der Waals surface area contributed by atoms with Gasteiger partial charge >= 0.3 is 6.09 Å². The van der Waals surface area contributed by atoms with Gasteiger partial charge in [0.25, 0.3) is 11.7 Å². The van der Waals surface area contributed by atoms with Crippen LogP contribution < -0.4 is 10.6 Å². The Bertz CT molecular complexity index is 646. The maximum atomic E-state index is 13.3. The average molecular weight is 423 g/mol. The van der Waals surface area contributed by atoms with Crippen molar-refractivity contribution in [2.24, 2.45) is 0 Å². The predicted octanol–water partition coefficient (Wildman–Crippen LogP) is 2.17. The van der Waals surface area contributed by atoms with Crippen molar-refractivity contribution in [1.29, 1.82) is 0 Å². The van der Waals surface area contributed by atoms with Gasteiger partial charge in [-0.3, -0.25) is 4.79 Å². The van der Waals surface area contributed by atoms with Gasteiger partial charge in [-0.25, -0.2) is 4.79 Å². The lowest BCUT2D eigenvalue weighted by Crippen LogP contribution is -2.65. The van der Waals surface area contributed by atoms with Crippen LogP contribution in [0.1, 0.15) is 32.8 Å². The van der Waals surface area contributed by atoms with E-state index < -0.39 is 29.9 Å². The van der Waals surface area contributed by atoms with Crippen molar-refractivity contribution in [1.82, 2.24) is 10.6 Å². The summed E-state index contributed by atoms with van der Waals surface area (Å²) in [6.07, 6.45) is 1.52. The molecule has 0 aliphatic carbocycles. The second-order valence-electron chi connectivity index (χ2n) is 6.57. The highest BCUT2D eigenvalue weighted by Gasteiger charge is 2.49. The smallest absolute Gasteiger partial charge is 0.407 e. The Hall–Kier alpha value is -2.42. The summed E-state index contributed by atoms with van der Waals surface area (Å²) >= 11 is 0. The summed E-state index contributed by atoms with van der Waals surface area (Å²) in [5.74, 6) is -2.34. The van der Waals surface area contributed by atoms with Crippen LogP contribution >= 0.6 is 0 Å². The Morgan fingerprint density at radius 2 is 1.77 bits per heavy atom. The van der Waals surface area contributed by atoms with Crippen molar-refractivity contribution >= 4 is 12.0 Å². The van der Waals surface area contributed by atoms with E-state index in [4.69, 9.17) is 14.2 Å². The molecular formula is C22H34N2O6. The summed E-state index contributed by atoms with van der Waals surface area (Å²) in [5.41, 5.74) is 0.966. The fraction of sp³-hybridized carbons (Fsp3) is 0.545. The van der Waals surface area contributed by atoms with Crippen LogP contribution in [-0.2, 0) is 25.4 Å². The number of carbonyl (C=O) groups excluding carboxylic acids is 2. The van der Waals surface area contributed by atoms with Gasteiger partial charge in [-0.2, -0.15) is 0 Å². The Morgan fingerprint density at radius 3 is 2.27 bits per heavy atom. The molecule has 0 aromatic heterocycles. The minimum atomic E-state index is -1.77. The molecule has 1 aromatic carbocycles. The summed E-state index contributed by atoms with van der Waals surface area (Å²) in [7, 11) is 0. The predicted molar refractivity (Wildman–Crippen MR) is 114 cm³/mol. The number of alkyl carbamates (subject to hydrolysis) is 1. The molecule has 1 rings (SSSR count). The molecule has 0 aliphatic heterocycles. The Balaban J connectivity index is 3.07. The van der Waals surface area contributed by atoms with E-state index in [1.165, 1.54) is 6.08 Å². The van der Waals surface area contributed by atoms with E-state index in [-0.39, 0.29) is 26.4 Å². The first-order valence-electron chi connectivity index (χ1n) is 10.2. The number of hydrogen-bond acceptors (Lipinski definition) is 6. The van der Waals surface area contributed by atoms with Gasteiger partial charge in [-0.05, 0) is 32.3 Å². The molecular weight excluding hydrogens is 388 g/mol. The largest absolute Gasteiger partial charge is 0.445 e. The Kier molecular flexibility index (Phi) is 11.7. The number of aliphatic hydroxyl groups is 1. The molecule has 30 heavy (non-hydrogen) atoms. The lowest BCUT2D eigenvalue weighted by Gasteiger charge is -2.38. The van der Waals surface area contributed by atoms with Crippen molar-refractivity contribution in [3.63, 3.8) is 0 Å². The summed E-state index contributed by atoms with van der Waals surface area (Å²) in [6, 6.07) is 8.15. The maximum Gasteiger partial charge on any atom is 0.407 e. The molecule has 8 nitrogen and oxygen atoms in total. The van der Waals surface area contributed by atoms with Crippen molar-refractivity contribution in [2.75, 3.05) is 26.4 Å². The molecule has 2 atom stereocenters. The number of nitrogens with one attached hydrogen (secondary N) is 2. The number of aliphatic hydroxyl groups excluding tert-OH is 1. The van der Waals surface area contributed by atoms with Gasteiger partial charge in [0, 0.05) is 13.2 Å². The fourth-order valence-electron chi connectivity index (χ4n) is 3.09. The van der Waals surface area contributed by atoms with Gasteiger partial charge in [0.05, 0.1) is 18.7 Å². The van der Waals surface area contributed by atoms with E-state index >= 15 is 0 Å². The third-order valence-electron chi connectivity index (χ3n) is 4.41. The van der Waals surface area contributed by atoms with Gasteiger partial charge < -0.3 is 30.0 Å². The van der Waals surface area contributed by atoms with Crippen LogP contribution in [-0.4, -0.2) is 61.4 Å². The number of amides is 2. The number of ether oxygens (including phenoxy) is 3. The molecule has 0 aliphatic rings. The topological polar surface area (TPSA) is 106 Å². The number of hydrogen-bond donors (Lipinski definition) is 3. The summed E-state index contributed by atoms with van der Waals surface area (Å²) in [5, 5.41) is 15.3. The average Bonchev–Trinajstić information content (AvgIpc) is 2.75. The minimum Gasteiger partial charge on any atom is -0.445 e. The van der Waals surface area contributed by atoms with Gasteiger partial charge in [-0.15, -0.1) is 0 Å². The first kappa shape index (κ1) is 25.6. The van der Waals surface area contributed by atoms with Gasteiger partial charge in [0.2, 0.25) is 0 Å². The molecule has 1 unspecified atom stereocenters. The molecule has 8 heteroatoms. The molecule has 0 bridgehead atoms. The molecule has 168 valence electrons. The zero-order chi connectivity index (χ0) is 22.4. The van der Waals surface area contributed by atoms with Crippen LogP contribution in [0.4, 0.5) is 4.79 Å². The Morgan fingerprint density at radius 1 is 1.13 bits per heavy atom. The third kappa shape index (κ3) is 7.44. The molecule has 0 radical (unpaired) electrons. The summed E-state index contributed by atoms with van der Waals surface area (Å²) in [4.78, 5) is 25.4. The van der Waals surface area contributed by atoms with E-state index in [1.807, 2.05) is 30.3 Å². The standard InChI is InChI=1S/C22H34N2O6/c1-5-14-28-21(27)24-19(6-2)22(29-7-3,30-8-4)20(26)23-18(16-25)15-17-12-10-9-11-13-17/h5,9-13,18-19,25H,1,6-8,14-16H2,2-4H3,(H,23,26)(H,24,27)/t18-,19?/m0/s1. The Labute approximate surface area is 178 Å². The molecule has 0 fully saturated rings. The van der Waals surface area contributed by atoms with Crippen molar-refractivity contribution < 1.29 is 28.9 Å². The molecule has 0 saturated carbocycles. The fourth-order valence-corrected chi connectivity index (χ4v) is 3.09. The zero-order valence-corrected chi connectivity index (χ0v) is 18.1.